The number of carboxylic acid groups (broad SMARTS) is 1. The Bertz CT molecular complexity index is 1380. The maximum Gasteiger partial charge on any atom is 0.303 e. The second-order valence-electron chi connectivity index (χ2n) is 8.04. The van der Waals surface area contributed by atoms with Crippen LogP contribution in [0.2, 0.25) is 0 Å². The van der Waals surface area contributed by atoms with E-state index in [1.54, 1.807) is 35.1 Å². The minimum atomic E-state index is -0.759. The summed E-state index contributed by atoms with van der Waals surface area (Å²) in [7, 11) is 0. The van der Waals surface area contributed by atoms with Gasteiger partial charge in [0, 0.05) is 18.1 Å². The number of aliphatic carboxylic acids is 1. The number of fused-ring (bicyclic) bond motifs is 1. The van der Waals surface area contributed by atoms with Crippen LogP contribution in [0.1, 0.15) is 43.4 Å². The Balaban J connectivity index is 1.45. The number of anilines is 1. The Kier molecular flexibility index (Phi) is 7.47. The van der Waals surface area contributed by atoms with E-state index in [-0.39, 0.29) is 12.4 Å². The van der Waals surface area contributed by atoms with E-state index in [2.05, 4.69) is 26.1 Å². The second-order valence-corrected chi connectivity index (χ2v) is 8.04. The average Bonchev–Trinajstić information content (AvgIpc) is 3.25. The Hall–Kier alpha value is -4.52. The van der Waals surface area contributed by atoms with Crippen LogP contribution in [0.3, 0.4) is 0 Å². The smallest absolute Gasteiger partial charge is 0.303 e. The topological polar surface area (TPSA) is 153 Å². The highest BCUT2D eigenvalue weighted by Crippen LogP contribution is 2.27. The number of nitrogens with two attached hydrogens (primary N) is 1. The molecule has 1 aromatic carbocycles. The number of nitrogens with zero attached hydrogens (tertiary/aromatic N) is 6. The predicted molar refractivity (Wildman–Crippen MR) is 129 cm³/mol. The predicted octanol–water partition coefficient (Wildman–Crippen LogP) is 3.80. The third-order valence-electron chi connectivity index (χ3n) is 5.41. The van der Waals surface area contributed by atoms with E-state index in [4.69, 9.17) is 15.6 Å². The number of hydrogen-bond donors (Lipinski definition) is 2. The highest BCUT2D eigenvalue weighted by molar-refractivity contribution is 5.91. The van der Waals surface area contributed by atoms with Crippen molar-refractivity contribution in [2.24, 2.45) is 0 Å². The number of aromatic nitrogens is 5. The van der Waals surface area contributed by atoms with Crippen LogP contribution < -0.4 is 10.5 Å². The molecule has 3 heterocycles. The molecule has 3 N–H and O–H groups in total. The van der Waals surface area contributed by atoms with Crippen LogP contribution in [0.25, 0.3) is 22.3 Å². The molecule has 0 bridgehead atoms. The number of ether oxygens (including phenoxy) is 1. The number of rotatable bonds is 11. The molecule has 10 nitrogen and oxygen atoms in total. The Morgan fingerprint density at radius 1 is 1.09 bits per heavy atom. The third-order valence-corrected chi connectivity index (χ3v) is 5.41. The zero-order chi connectivity index (χ0) is 24.6. The molecule has 0 radical (unpaired) electrons. The van der Waals surface area contributed by atoms with E-state index < -0.39 is 5.97 Å². The van der Waals surface area contributed by atoms with E-state index in [1.165, 1.54) is 0 Å². The molecule has 0 aliphatic rings. The van der Waals surface area contributed by atoms with Crippen LogP contribution in [0, 0.1) is 11.3 Å². The van der Waals surface area contributed by atoms with Gasteiger partial charge in [0.15, 0.2) is 5.65 Å². The van der Waals surface area contributed by atoms with Crippen molar-refractivity contribution in [2.45, 2.75) is 38.6 Å². The van der Waals surface area contributed by atoms with Gasteiger partial charge in [-0.1, -0.05) is 31.0 Å². The molecule has 0 unspecified atom stereocenters. The lowest BCUT2D eigenvalue weighted by molar-refractivity contribution is -0.137. The largest absolute Gasteiger partial charge is 0.481 e. The zero-order valence-corrected chi connectivity index (χ0v) is 19.1. The quantitative estimate of drug-likeness (QED) is 0.311. The first-order valence-corrected chi connectivity index (χ1v) is 11.3. The van der Waals surface area contributed by atoms with Crippen LogP contribution in [0.15, 0.2) is 48.7 Å². The number of nitrogen functional groups attached to an aromatic ring is 1. The highest BCUT2D eigenvalue weighted by atomic mass is 16.5. The van der Waals surface area contributed by atoms with Gasteiger partial charge in [-0.15, -0.1) is 0 Å². The fourth-order valence-corrected chi connectivity index (χ4v) is 3.73. The van der Waals surface area contributed by atoms with Gasteiger partial charge in [-0.3, -0.25) is 4.79 Å². The molecule has 0 saturated heterocycles. The summed E-state index contributed by atoms with van der Waals surface area (Å²) in [6.07, 6.45) is 5.18. The average molecular weight is 472 g/mol. The lowest BCUT2D eigenvalue weighted by Crippen LogP contribution is -2.07. The second kappa shape index (κ2) is 11.1. The summed E-state index contributed by atoms with van der Waals surface area (Å²) < 4.78 is 7.48. The Morgan fingerprint density at radius 3 is 2.74 bits per heavy atom. The molecule has 0 spiro atoms. The van der Waals surface area contributed by atoms with Crippen LogP contribution in [-0.4, -0.2) is 42.4 Å². The van der Waals surface area contributed by atoms with Gasteiger partial charge in [-0.25, -0.2) is 14.6 Å². The third kappa shape index (κ3) is 6.09. The number of nitriles is 1. The van der Waals surface area contributed by atoms with E-state index in [1.807, 2.05) is 18.2 Å². The van der Waals surface area contributed by atoms with Gasteiger partial charge in [0.1, 0.15) is 0 Å². The molecule has 10 heteroatoms. The molecule has 0 saturated carbocycles. The summed E-state index contributed by atoms with van der Waals surface area (Å²) in [6, 6.07) is 14.9. The van der Waals surface area contributed by atoms with Gasteiger partial charge in [0.05, 0.1) is 47.8 Å². The van der Waals surface area contributed by atoms with Crippen LogP contribution in [-0.2, 0) is 11.3 Å². The van der Waals surface area contributed by atoms with Gasteiger partial charge in [-0.2, -0.15) is 15.3 Å². The maximum absolute atomic E-state index is 10.6. The molecule has 0 aliphatic carbocycles. The molecular formula is C25H25N7O3. The van der Waals surface area contributed by atoms with E-state index in [9.17, 15) is 10.1 Å². The first-order chi connectivity index (χ1) is 17.0. The monoisotopic (exact) mass is 471 g/mol. The minimum absolute atomic E-state index is 0.116. The van der Waals surface area contributed by atoms with Gasteiger partial charge >= 0.3 is 5.97 Å². The Morgan fingerprint density at radius 2 is 1.91 bits per heavy atom. The standard InChI is InChI=1S/C25H25N7O3/c26-14-17-7-5-8-18(13-17)23-20-15-28-32(24(20)31-25(27)30-23)16-19-9-6-10-21(29-19)35-12-4-2-1-3-11-22(33)34/h5-10,13,15H,1-4,11-12,16H2,(H,33,34)(H2,27,30,31). The molecule has 0 atom stereocenters. The number of benzene rings is 1. The van der Waals surface area contributed by atoms with E-state index in [0.717, 1.165) is 35.9 Å². The summed E-state index contributed by atoms with van der Waals surface area (Å²) in [5.74, 6) is -0.122. The molecule has 0 amide bonds. The van der Waals surface area contributed by atoms with Gasteiger partial charge in [-0.05, 0) is 31.0 Å². The minimum Gasteiger partial charge on any atom is -0.481 e. The normalized spacial score (nSPS) is 10.8. The lowest BCUT2D eigenvalue weighted by atomic mass is 10.1. The highest BCUT2D eigenvalue weighted by Gasteiger charge is 2.15. The summed E-state index contributed by atoms with van der Waals surface area (Å²) in [5, 5.41) is 23.1. The number of hydrogen-bond acceptors (Lipinski definition) is 8. The molecule has 4 rings (SSSR count). The molecule has 4 aromatic rings. The van der Waals surface area contributed by atoms with Gasteiger partial charge in [0.2, 0.25) is 11.8 Å². The van der Waals surface area contributed by atoms with Crippen molar-refractivity contribution in [2.75, 3.05) is 12.3 Å². The summed E-state index contributed by atoms with van der Waals surface area (Å²) >= 11 is 0. The molecule has 0 aliphatic heterocycles. The van der Waals surface area contributed by atoms with Crippen LogP contribution in [0.4, 0.5) is 5.95 Å². The fraction of sp³-hybridized carbons (Fsp3) is 0.280. The molecule has 0 fully saturated rings. The van der Waals surface area contributed by atoms with Crippen LogP contribution >= 0.6 is 0 Å². The SMILES string of the molecule is N#Cc1cccc(-c2nc(N)nc3c2cnn3Cc2cccc(OCCCCCCC(=O)O)n2)c1. The van der Waals surface area contributed by atoms with Crippen molar-refractivity contribution in [1.29, 1.82) is 5.26 Å². The van der Waals surface area contributed by atoms with Crippen LogP contribution in [0.5, 0.6) is 5.88 Å². The van der Waals surface area contributed by atoms with E-state index in [0.29, 0.717) is 42.4 Å². The van der Waals surface area contributed by atoms with Gasteiger partial charge in [0.25, 0.3) is 0 Å². The van der Waals surface area contributed by atoms with E-state index >= 15 is 0 Å². The number of unbranched alkanes of at least 4 members (excludes halogenated alkanes) is 3. The van der Waals surface area contributed by atoms with Crippen molar-refractivity contribution < 1.29 is 14.6 Å². The molecular weight excluding hydrogens is 446 g/mol. The summed E-state index contributed by atoms with van der Waals surface area (Å²) in [6.45, 7) is 0.882. The Labute approximate surface area is 202 Å². The zero-order valence-electron chi connectivity index (χ0n) is 19.1. The maximum atomic E-state index is 10.6. The van der Waals surface area contributed by atoms with Gasteiger partial charge < -0.3 is 15.6 Å². The van der Waals surface area contributed by atoms with Crippen molar-refractivity contribution in [3.63, 3.8) is 0 Å². The molecule has 35 heavy (non-hydrogen) atoms. The first kappa shape index (κ1) is 23.6. The first-order valence-electron chi connectivity index (χ1n) is 11.3. The molecule has 3 aromatic heterocycles. The van der Waals surface area contributed by atoms with Crippen molar-refractivity contribution in [1.82, 2.24) is 24.7 Å². The lowest BCUT2D eigenvalue weighted by Gasteiger charge is -2.08. The summed E-state index contributed by atoms with van der Waals surface area (Å²) in [5.41, 5.74) is 9.23. The number of carboxylic acids is 1. The fourth-order valence-electron chi connectivity index (χ4n) is 3.73. The van der Waals surface area contributed by atoms with Crippen molar-refractivity contribution in [3.8, 4) is 23.2 Å². The molecule has 178 valence electrons. The summed E-state index contributed by atoms with van der Waals surface area (Å²) in [4.78, 5) is 23.9. The number of carbonyl (C=O) groups is 1. The van der Waals surface area contributed by atoms with Crippen molar-refractivity contribution >= 4 is 23.0 Å². The number of pyridine rings is 1. The van der Waals surface area contributed by atoms with Crippen molar-refractivity contribution in [3.05, 3.63) is 59.9 Å².